The first-order valence-electron chi connectivity index (χ1n) is 7.51. The summed E-state index contributed by atoms with van der Waals surface area (Å²) in [6.45, 7) is 4.25. The van der Waals surface area contributed by atoms with E-state index in [4.69, 9.17) is 0 Å². The average molecular weight is 293 g/mol. The van der Waals surface area contributed by atoms with E-state index in [0.29, 0.717) is 12.6 Å². The molecular formula is C16H24FN3O. The summed E-state index contributed by atoms with van der Waals surface area (Å²) in [5.41, 5.74) is 0.907. The Labute approximate surface area is 125 Å². The number of hydrogen-bond acceptors (Lipinski definition) is 3. The molecule has 0 radical (unpaired) electrons. The Balaban J connectivity index is 1.76. The molecule has 21 heavy (non-hydrogen) atoms. The molecule has 0 spiro atoms. The zero-order valence-corrected chi connectivity index (χ0v) is 12.7. The third-order valence-corrected chi connectivity index (χ3v) is 3.86. The molecule has 1 heterocycles. The standard InChI is InChI=1S/C16H24FN3O/c1-12(13-5-7-14(17)8-6-13)19-16(21)11-20(2)10-15-4-3-9-18-15/h5-8,12,15,18H,3-4,9-11H2,1-2H3,(H,19,21). The molecule has 1 aromatic carbocycles. The number of hydrogen-bond donors (Lipinski definition) is 2. The number of carbonyl (C=O) groups excluding carboxylic acids is 1. The van der Waals surface area contributed by atoms with Crippen LogP contribution in [0.3, 0.4) is 0 Å². The molecule has 1 aliphatic rings. The van der Waals surface area contributed by atoms with E-state index in [1.54, 1.807) is 12.1 Å². The van der Waals surface area contributed by atoms with Crippen molar-refractivity contribution in [1.29, 1.82) is 0 Å². The summed E-state index contributed by atoms with van der Waals surface area (Å²) in [6.07, 6.45) is 2.39. The highest BCUT2D eigenvalue weighted by molar-refractivity contribution is 5.78. The normalized spacial score (nSPS) is 19.7. The van der Waals surface area contributed by atoms with Crippen LogP contribution in [0.25, 0.3) is 0 Å². The zero-order valence-electron chi connectivity index (χ0n) is 12.7. The molecule has 0 saturated carbocycles. The van der Waals surface area contributed by atoms with Gasteiger partial charge >= 0.3 is 0 Å². The number of carbonyl (C=O) groups is 1. The maximum absolute atomic E-state index is 12.9. The van der Waals surface area contributed by atoms with Crippen LogP contribution in [0.4, 0.5) is 4.39 Å². The van der Waals surface area contributed by atoms with Gasteiger partial charge in [-0.05, 0) is 51.1 Å². The van der Waals surface area contributed by atoms with Crippen molar-refractivity contribution in [2.45, 2.75) is 31.8 Å². The van der Waals surface area contributed by atoms with E-state index >= 15 is 0 Å². The highest BCUT2D eigenvalue weighted by Crippen LogP contribution is 2.12. The SMILES string of the molecule is CC(NC(=O)CN(C)CC1CCCN1)c1ccc(F)cc1. The summed E-state index contributed by atoms with van der Waals surface area (Å²) in [5.74, 6) is -0.270. The molecule has 1 saturated heterocycles. The molecule has 1 fully saturated rings. The lowest BCUT2D eigenvalue weighted by atomic mass is 10.1. The molecule has 2 atom stereocenters. The Kier molecular flexibility index (Phi) is 5.70. The van der Waals surface area contributed by atoms with Gasteiger partial charge in [-0.1, -0.05) is 12.1 Å². The molecule has 1 aromatic rings. The number of nitrogens with zero attached hydrogens (tertiary/aromatic N) is 1. The minimum atomic E-state index is -0.263. The first-order chi connectivity index (χ1) is 10.0. The molecular weight excluding hydrogens is 269 g/mol. The van der Waals surface area contributed by atoms with Gasteiger partial charge in [0.25, 0.3) is 0 Å². The second-order valence-corrected chi connectivity index (χ2v) is 5.83. The van der Waals surface area contributed by atoms with E-state index in [-0.39, 0.29) is 17.8 Å². The van der Waals surface area contributed by atoms with Crippen LogP contribution in [0.1, 0.15) is 31.4 Å². The third kappa shape index (κ3) is 5.10. The third-order valence-electron chi connectivity index (χ3n) is 3.86. The highest BCUT2D eigenvalue weighted by atomic mass is 19.1. The predicted octanol–water partition coefficient (Wildman–Crippen LogP) is 1.69. The lowest BCUT2D eigenvalue weighted by Crippen LogP contribution is -2.41. The van der Waals surface area contributed by atoms with Gasteiger partial charge in [-0.25, -0.2) is 4.39 Å². The molecule has 5 heteroatoms. The lowest BCUT2D eigenvalue weighted by Gasteiger charge is -2.22. The van der Waals surface area contributed by atoms with Crippen LogP contribution in [0.15, 0.2) is 24.3 Å². The number of halogens is 1. The Bertz CT molecular complexity index is 457. The number of nitrogens with one attached hydrogen (secondary N) is 2. The van der Waals surface area contributed by atoms with Crippen LogP contribution in [-0.2, 0) is 4.79 Å². The maximum atomic E-state index is 12.9. The van der Waals surface area contributed by atoms with Crippen LogP contribution < -0.4 is 10.6 Å². The minimum Gasteiger partial charge on any atom is -0.348 e. The fourth-order valence-electron chi connectivity index (χ4n) is 2.72. The van der Waals surface area contributed by atoms with Crippen molar-refractivity contribution in [1.82, 2.24) is 15.5 Å². The lowest BCUT2D eigenvalue weighted by molar-refractivity contribution is -0.122. The quantitative estimate of drug-likeness (QED) is 0.839. The summed E-state index contributed by atoms with van der Waals surface area (Å²) >= 11 is 0. The van der Waals surface area contributed by atoms with Crippen molar-refractivity contribution < 1.29 is 9.18 Å². The largest absolute Gasteiger partial charge is 0.348 e. The van der Waals surface area contributed by atoms with E-state index < -0.39 is 0 Å². The average Bonchev–Trinajstić information content (AvgIpc) is 2.91. The molecule has 0 aromatic heterocycles. The summed E-state index contributed by atoms with van der Waals surface area (Å²) in [5, 5.41) is 6.37. The number of benzene rings is 1. The van der Waals surface area contributed by atoms with Gasteiger partial charge in [0.05, 0.1) is 12.6 Å². The first kappa shape index (κ1) is 15.9. The molecule has 2 rings (SSSR count). The molecule has 1 aliphatic heterocycles. The topological polar surface area (TPSA) is 44.4 Å². The Morgan fingerprint density at radius 1 is 1.48 bits per heavy atom. The van der Waals surface area contributed by atoms with E-state index in [9.17, 15) is 9.18 Å². The maximum Gasteiger partial charge on any atom is 0.234 e. The van der Waals surface area contributed by atoms with Crippen LogP contribution in [0.5, 0.6) is 0 Å². The van der Waals surface area contributed by atoms with Crippen molar-refractivity contribution in [3.63, 3.8) is 0 Å². The summed E-state index contributed by atoms with van der Waals surface area (Å²) in [4.78, 5) is 14.1. The van der Waals surface area contributed by atoms with E-state index in [1.165, 1.54) is 25.0 Å². The van der Waals surface area contributed by atoms with Gasteiger partial charge in [0.15, 0.2) is 0 Å². The van der Waals surface area contributed by atoms with Crippen LogP contribution in [-0.4, -0.2) is 43.5 Å². The molecule has 116 valence electrons. The fourth-order valence-corrected chi connectivity index (χ4v) is 2.72. The number of rotatable bonds is 6. The zero-order chi connectivity index (χ0) is 15.2. The van der Waals surface area contributed by atoms with Gasteiger partial charge in [0.2, 0.25) is 5.91 Å². The first-order valence-corrected chi connectivity index (χ1v) is 7.51. The number of likely N-dealkylation sites (N-methyl/N-ethyl adjacent to an activating group) is 1. The molecule has 0 aliphatic carbocycles. The van der Waals surface area contributed by atoms with Crippen molar-refractivity contribution >= 4 is 5.91 Å². The summed E-state index contributed by atoms with van der Waals surface area (Å²) in [6, 6.07) is 6.61. The van der Waals surface area contributed by atoms with Gasteiger partial charge in [-0.15, -0.1) is 0 Å². The van der Waals surface area contributed by atoms with Crippen molar-refractivity contribution in [2.24, 2.45) is 0 Å². The highest BCUT2D eigenvalue weighted by Gasteiger charge is 2.18. The second-order valence-electron chi connectivity index (χ2n) is 5.83. The van der Waals surface area contributed by atoms with Crippen LogP contribution >= 0.6 is 0 Å². The summed E-state index contributed by atoms with van der Waals surface area (Å²) in [7, 11) is 1.96. The van der Waals surface area contributed by atoms with Crippen molar-refractivity contribution in [3.8, 4) is 0 Å². The fraction of sp³-hybridized carbons (Fsp3) is 0.562. The molecule has 0 bridgehead atoms. The Morgan fingerprint density at radius 2 is 2.19 bits per heavy atom. The molecule has 4 nitrogen and oxygen atoms in total. The van der Waals surface area contributed by atoms with E-state index in [1.807, 2.05) is 18.9 Å². The minimum absolute atomic E-state index is 0.00711. The van der Waals surface area contributed by atoms with E-state index in [0.717, 1.165) is 18.7 Å². The second kappa shape index (κ2) is 7.52. The smallest absolute Gasteiger partial charge is 0.234 e. The van der Waals surface area contributed by atoms with Gasteiger partial charge < -0.3 is 10.6 Å². The summed E-state index contributed by atoms with van der Waals surface area (Å²) < 4.78 is 12.9. The monoisotopic (exact) mass is 293 g/mol. The van der Waals surface area contributed by atoms with E-state index in [2.05, 4.69) is 10.6 Å². The van der Waals surface area contributed by atoms with Gasteiger partial charge in [-0.3, -0.25) is 9.69 Å². The van der Waals surface area contributed by atoms with Crippen LogP contribution in [0.2, 0.25) is 0 Å². The number of amides is 1. The van der Waals surface area contributed by atoms with Crippen molar-refractivity contribution in [2.75, 3.05) is 26.7 Å². The molecule has 1 amide bonds. The van der Waals surface area contributed by atoms with Crippen molar-refractivity contribution in [3.05, 3.63) is 35.6 Å². The van der Waals surface area contributed by atoms with Crippen LogP contribution in [0, 0.1) is 5.82 Å². The molecule has 2 N–H and O–H groups in total. The van der Waals surface area contributed by atoms with Gasteiger partial charge in [0, 0.05) is 12.6 Å². The Hall–Kier alpha value is -1.46. The molecule has 2 unspecified atom stereocenters. The predicted molar refractivity (Wildman–Crippen MR) is 81.5 cm³/mol. The van der Waals surface area contributed by atoms with Gasteiger partial charge in [0.1, 0.15) is 5.82 Å². The van der Waals surface area contributed by atoms with Gasteiger partial charge in [-0.2, -0.15) is 0 Å². The Morgan fingerprint density at radius 3 is 2.81 bits per heavy atom.